The summed E-state index contributed by atoms with van der Waals surface area (Å²) in [5.41, 5.74) is 0.802. The van der Waals surface area contributed by atoms with E-state index in [4.69, 9.17) is 9.73 Å². The van der Waals surface area contributed by atoms with E-state index >= 15 is 0 Å². The first-order chi connectivity index (χ1) is 13.1. The SMILES string of the molecule is [O-][NH+](O)c1cccc(-c2noc([C@@H]3C[C@@H](O)CN3CC3CCCCC3)n2)c1. The van der Waals surface area contributed by atoms with Gasteiger partial charge in [0.15, 0.2) is 5.69 Å². The zero-order chi connectivity index (χ0) is 18.8. The van der Waals surface area contributed by atoms with Gasteiger partial charge >= 0.3 is 0 Å². The summed E-state index contributed by atoms with van der Waals surface area (Å²) in [6.45, 7) is 1.58. The average Bonchev–Trinajstić information content (AvgIpc) is 3.29. The van der Waals surface area contributed by atoms with Gasteiger partial charge in [-0.1, -0.05) is 36.6 Å². The molecule has 8 heteroatoms. The third-order valence-corrected chi connectivity index (χ3v) is 5.69. The molecule has 1 aliphatic carbocycles. The van der Waals surface area contributed by atoms with E-state index in [9.17, 15) is 10.3 Å². The minimum Gasteiger partial charge on any atom is -0.595 e. The zero-order valence-corrected chi connectivity index (χ0v) is 15.3. The molecule has 146 valence electrons. The van der Waals surface area contributed by atoms with Gasteiger partial charge in [0.1, 0.15) is 0 Å². The summed E-state index contributed by atoms with van der Waals surface area (Å²) in [7, 11) is 0. The van der Waals surface area contributed by atoms with E-state index in [1.807, 2.05) is 0 Å². The molecule has 1 aliphatic heterocycles. The number of nitrogens with zero attached hydrogens (tertiary/aromatic N) is 3. The number of nitrogens with one attached hydrogen (secondary N) is 1. The van der Waals surface area contributed by atoms with Crippen LogP contribution in [0, 0.1) is 11.1 Å². The Morgan fingerprint density at radius 2 is 2.07 bits per heavy atom. The van der Waals surface area contributed by atoms with Crippen LogP contribution < -0.4 is 5.23 Å². The lowest BCUT2D eigenvalue weighted by atomic mass is 9.89. The van der Waals surface area contributed by atoms with Crippen LogP contribution >= 0.6 is 0 Å². The number of hydrogen-bond donors (Lipinski definition) is 3. The maximum Gasteiger partial charge on any atom is 0.244 e. The number of β-amino-alcohol motifs (C(OH)–C–C–N with tert-alkyl or cyclic N) is 1. The molecular weight excluding hydrogens is 348 g/mol. The molecule has 0 bridgehead atoms. The maximum atomic E-state index is 11.2. The molecule has 2 aliphatic rings. The Hall–Kier alpha value is -1.84. The van der Waals surface area contributed by atoms with Crippen molar-refractivity contribution in [3.63, 3.8) is 0 Å². The van der Waals surface area contributed by atoms with Crippen molar-refractivity contribution in [3.05, 3.63) is 35.4 Å². The molecule has 2 heterocycles. The Bertz CT molecular complexity index is 760. The van der Waals surface area contributed by atoms with Crippen molar-refractivity contribution in [2.75, 3.05) is 13.1 Å². The number of aliphatic hydroxyl groups excluding tert-OH is 1. The van der Waals surface area contributed by atoms with Gasteiger partial charge in [-0.3, -0.25) is 4.90 Å². The topological polar surface area (TPSA) is 110 Å². The lowest BCUT2D eigenvalue weighted by Gasteiger charge is -2.29. The Balaban J connectivity index is 1.51. The molecule has 3 atom stereocenters. The van der Waals surface area contributed by atoms with E-state index in [2.05, 4.69) is 15.0 Å². The molecule has 2 aromatic rings. The van der Waals surface area contributed by atoms with Crippen LogP contribution in [0.25, 0.3) is 11.4 Å². The van der Waals surface area contributed by atoms with Gasteiger partial charge in [-0.2, -0.15) is 10.2 Å². The Morgan fingerprint density at radius 1 is 1.26 bits per heavy atom. The van der Waals surface area contributed by atoms with E-state index in [1.54, 1.807) is 18.2 Å². The predicted molar refractivity (Wildman–Crippen MR) is 97.0 cm³/mol. The molecule has 1 aromatic carbocycles. The summed E-state index contributed by atoms with van der Waals surface area (Å²) in [6.07, 6.45) is 6.60. The third-order valence-electron chi connectivity index (χ3n) is 5.69. The van der Waals surface area contributed by atoms with Crippen LogP contribution in [0.3, 0.4) is 0 Å². The maximum absolute atomic E-state index is 11.2. The molecule has 0 radical (unpaired) electrons. The second-order valence-electron chi connectivity index (χ2n) is 7.71. The Morgan fingerprint density at radius 3 is 2.85 bits per heavy atom. The molecule has 3 N–H and O–H groups in total. The molecular formula is C19H26N4O4. The van der Waals surface area contributed by atoms with Crippen molar-refractivity contribution in [3.8, 4) is 11.4 Å². The average molecular weight is 374 g/mol. The van der Waals surface area contributed by atoms with Gasteiger partial charge in [-0.05, 0) is 25.2 Å². The summed E-state index contributed by atoms with van der Waals surface area (Å²) < 4.78 is 5.51. The fourth-order valence-electron chi connectivity index (χ4n) is 4.32. The second kappa shape index (κ2) is 8.04. The van der Waals surface area contributed by atoms with Gasteiger partial charge in [0, 0.05) is 30.8 Å². The van der Waals surface area contributed by atoms with E-state index in [-0.39, 0.29) is 17.8 Å². The highest BCUT2D eigenvalue weighted by atomic mass is 16.8. The van der Waals surface area contributed by atoms with Gasteiger partial charge in [0.2, 0.25) is 11.7 Å². The monoisotopic (exact) mass is 374 g/mol. The van der Waals surface area contributed by atoms with Gasteiger partial charge in [0.05, 0.1) is 12.1 Å². The van der Waals surface area contributed by atoms with Crippen LogP contribution in [-0.2, 0) is 0 Å². The number of aliphatic hydroxyl groups is 1. The first-order valence-electron chi connectivity index (χ1n) is 9.69. The number of quaternary nitrogens is 1. The van der Waals surface area contributed by atoms with Crippen molar-refractivity contribution < 1.29 is 20.1 Å². The quantitative estimate of drug-likeness (QED) is 0.685. The molecule has 1 saturated heterocycles. The van der Waals surface area contributed by atoms with Crippen molar-refractivity contribution in [2.24, 2.45) is 5.92 Å². The highest BCUT2D eigenvalue weighted by Crippen LogP contribution is 2.35. The molecule has 8 nitrogen and oxygen atoms in total. The smallest absolute Gasteiger partial charge is 0.244 e. The molecule has 27 heavy (non-hydrogen) atoms. The van der Waals surface area contributed by atoms with E-state index in [0.29, 0.717) is 36.2 Å². The normalized spacial score (nSPS) is 25.7. The largest absolute Gasteiger partial charge is 0.595 e. The lowest BCUT2D eigenvalue weighted by Crippen LogP contribution is -2.99. The summed E-state index contributed by atoms with van der Waals surface area (Å²) in [5.74, 6) is 1.55. The van der Waals surface area contributed by atoms with Crippen molar-refractivity contribution in [1.29, 1.82) is 0 Å². The molecule has 0 spiro atoms. The standard InChI is InChI=1S/C19H26N4O4/c24-16-10-17(22(12-16)11-13-5-2-1-3-6-13)19-20-18(21-27-19)14-7-4-8-15(9-14)23(25)26/h4,7-9,13,16-17,23-25H,1-3,5-6,10-12H2/t16-,17+/m1/s1. The zero-order valence-electron chi connectivity index (χ0n) is 15.3. The highest BCUT2D eigenvalue weighted by Gasteiger charge is 2.37. The fourth-order valence-corrected chi connectivity index (χ4v) is 4.32. The first-order valence-corrected chi connectivity index (χ1v) is 9.69. The van der Waals surface area contributed by atoms with E-state index < -0.39 is 5.23 Å². The van der Waals surface area contributed by atoms with Crippen molar-refractivity contribution in [2.45, 2.75) is 50.7 Å². The lowest BCUT2D eigenvalue weighted by molar-refractivity contribution is -0.991. The summed E-state index contributed by atoms with van der Waals surface area (Å²) in [6, 6.07) is 6.44. The molecule has 1 aromatic heterocycles. The van der Waals surface area contributed by atoms with Crippen LogP contribution in [-0.4, -0.2) is 44.5 Å². The van der Waals surface area contributed by atoms with Crippen molar-refractivity contribution >= 4 is 5.69 Å². The summed E-state index contributed by atoms with van der Waals surface area (Å²) in [4.78, 5) is 6.79. The Labute approximate surface area is 157 Å². The Kier molecular flexibility index (Phi) is 5.51. The molecule has 4 rings (SSSR count). The van der Waals surface area contributed by atoms with E-state index in [0.717, 1.165) is 6.54 Å². The minimum absolute atomic E-state index is 0.0779. The number of likely N-dealkylation sites (tertiary alicyclic amines) is 1. The van der Waals surface area contributed by atoms with Gasteiger partial charge < -0.3 is 14.8 Å². The van der Waals surface area contributed by atoms with Crippen LogP contribution in [0.5, 0.6) is 0 Å². The van der Waals surface area contributed by atoms with Gasteiger partial charge in [-0.25, -0.2) is 5.21 Å². The number of aromatic nitrogens is 2. The number of benzene rings is 1. The van der Waals surface area contributed by atoms with Crippen LogP contribution in [0.2, 0.25) is 0 Å². The second-order valence-corrected chi connectivity index (χ2v) is 7.71. The summed E-state index contributed by atoms with van der Waals surface area (Å²) in [5, 5.41) is 33.6. The molecule has 0 amide bonds. The van der Waals surface area contributed by atoms with Crippen LogP contribution in [0.15, 0.2) is 28.8 Å². The van der Waals surface area contributed by atoms with Crippen LogP contribution in [0.4, 0.5) is 5.69 Å². The third kappa shape index (κ3) is 4.20. The minimum atomic E-state index is -0.988. The number of rotatable bonds is 5. The molecule has 1 saturated carbocycles. The fraction of sp³-hybridized carbons (Fsp3) is 0.579. The van der Waals surface area contributed by atoms with Crippen molar-refractivity contribution in [1.82, 2.24) is 15.0 Å². The first kappa shape index (κ1) is 18.5. The number of hydrogen-bond acceptors (Lipinski definition) is 7. The molecule has 2 fully saturated rings. The molecule has 1 unspecified atom stereocenters. The predicted octanol–water partition coefficient (Wildman–Crippen LogP) is 1.83. The summed E-state index contributed by atoms with van der Waals surface area (Å²) >= 11 is 0. The highest BCUT2D eigenvalue weighted by molar-refractivity contribution is 5.58. The van der Waals surface area contributed by atoms with E-state index in [1.165, 1.54) is 38.2 Å². The van der Waals surface area contributed by atoms with Gasteiger partial charge in [0.25, 0.3) is 0 Å². The van der Waals surface area contributed by atoms with Gasteiger partial charge in [-0.15, -0.1) is 0 Å². The van der Waals surface area contributed by atoms with Crippen LogP contribution in [0.1, 0.15) is 50.5 Å².